The third kappa shape index (κ3) is 5.25. The van der Waals surface area contributed by atoms with E-state index in [1.54, 1.807) is 7.05 Å². The van der Waals surface area contributed by atoms with Gasteiger partial charge in [-0.05, 0) is 26.2 Å². The van der Waals surface area contributed by atoms with E-state index in [4.69, 9.17) is 5.11 Å². The van der Waals surface area contributed by atoms with Crippen molar-refractivity contribution >= 4 is 10.2 Å². The van der Waals surface area contributed by atoms with Crippen molar-refractivity contribution in [3.63, 3.8) is 0 Å². The summed E-state index contributed by atoms with van der Waals surface area (Å²) >= 11 is 0. The maximum Gasteiger partial charge on any atom is 0.279 e. The fraction of sp³-hybridized carbons (Fsp3) is 1.00. The highest BCUT2D eigenvalue weighted by Gasteiger charge is 2.20. The summed E-state index contributed by atoms with van der Waals surface area (Å²) in [5.74, 6) is 0.195. The Bertz CT molecular complexity index is 278. The van der Waals surface area contributed by atoms with Crippen LogP contribution in [-0.2, 0) is 10.2 Å². The zero-order valence-corrected chi connectivity index (χ0v) is 11.4. The molecule has 0 spiro atoms. The van der Waals surface area contributed by atoms with Crippen LogP contribution in [0.25, 0.3) is 0 Å². The fourth-order valence-electron chi connectivity index (χ4n) is 1.24. The van der Waals surface area contributed by atoms with Crippen LogP contribution in [-0.4, -0.2) is 44.1 Å². The average Bonchev–Trinajstić information content (AvgIpc) is 2.22. The summed E-state index contributed by atoms with van der Waals surface area (Å²) in [5.41, 5.74) is 0. The van der Waals surface area contributed by atoms with Crippen LogP contribution >= 0.6 is 0 Å². The second kappa shape index (κ2) is 7.21. The van der Waals surface area contributed by atoms with E-state index in [9.17, 15) is 8.42 Å². The van der Waals surface area contributed by atoms with E-state index >= 15 is 0 Å². The zero-order chi connectivity index (χ0) is 12.8. The van der Waals surface area contributed by atoms with Crippen molar-refractivity contribution in [3.05, 3.63) is 0 Å². The fourth-order valence-corrected chi connectivity index (χ4v) is 2.44. The van der Waals surface area contributed by atoms with E-state index in [-0.39, 0.29) is 18.6 Å². The largest absolute Gasteiger partial charge is 0.396 e. The SMILES string of the molecule is CCC(CCO)CNS(=O)(=O)N(C)C(C)C. The Labute approximate surface area is 99.0 Å². The highest BCUT2D eigenvalue weighted by atomic mass is 32.2. The molecule has 0 fully saturated rings. The molecule has 0 heterocycles. The van der Waals surface area contributed by atoms with Crippen molar-refractivity contribution in [2.24, 2.45) is 5.92 Å². The number of aliphatic hydroxyl groups is 1. The topological polar surface area (TPSA) is 69.6 Å². The molecule has 98 valence electrons. The van der Waals surface area contributed by atoms with Gasteiger partial charge in [-0.1, -0.05) is 13.3 Å². The Balaban J connectivity index is 4.27. The molecule has 2 N–H and O–H groups in total. The first-order valence-electron chi connectivity index (χ1n) is 5.68. The molecule has 0 saturated heterocycles. The Hall–Kier alpha value is -0.170. The minimum atomic E-state index is -3.38. The van der Waals surface area contributed by atoms with Crippen LogP contribution in [0.1, 0.15) is 33.6 Å². The lowest BCUT2D eigenvalue weighted by molar-refractivity contribution is 0.254. The molecule has 0 aliphatic heterocycles. The van der Waals surface area contributed by atoms with Gasteiger partial charge >= 0.3 is 0 Å². The van der Waals surface area contributed by atoms with Crippen molar-refractivity contribution in [3.8, 4) is 0 Å². The normalized spacial score (nSPS) is 14.7. The molecule has 16 heavy (non-hydrogen) atoms. The average molecular weight is 252 g/mol. The van der Waals surface area contributed by atoms with Crippen molar-refractivity contribution in [2.75, 3.05) is 20.2 Å². The van der Waals surface area contributed by atoms with Gasteiger partial charge in [0.2, 0.25) is 0 Å². The van der Waals surface area contributed by atoms with Gasteiger partial charge in [0.15, 0.2) is 0 Å². The van der Waals surface area contributed by atoms with Gasteiger partial charge in [-0.15, -0.1) is 0 Å². The van der Waals surface area contributed by atoms with E-state index in [0.29, 0.717) is 13.0 Å². The highest BCUT2D eigenvalue weighted by Crippen LogP contribution is 2.08. The van der Waals surface area contributed by atoms with Crippen LogP contribution in [0.3, 0.4) is 0 Å². The van der Waals surface area contributed by atoms with Crippen LogP contribution in [0.4, 0.5) is 0 Å². The van der Waals surface area contributed by atoms with Gasteiger partial charge in [-0.2, -0.15) is 12.7 Å². The molecule has 0 amide bonds. The molecule has 0 saturated carbocycles. The van der Waals surface area contributed by atoms with Crippen LogP contribution in [0, 0.1) is 5.92 Å². The van der Waals surface area contributed by atoms with E-state index in [1.807, 2.05) is 20.8 Å². The predicted molar refractivity (Wildman–Crippen MR) is 65.3 cm³/mol. The number of rotatable bonds is 8. The molecule has 0 aliphatic carbocycles. The number of nitrogens with one attached hydrogen (secondary N) is 1. The lowest BCUT2D eigenvalue weighted by Gasteiger charge is -2.23. The van der Waals surface area contributed by atoms with Gasteiger partial charge < -0.3 is 5.11 Å². The molecule has 0 radical (unpaired) electrons. The molecule has 0 aromatic rings. The van der Waals surface area contributed by atoms with E-state index in [1.165, 1.54) is 4.31 Å². The molecule has 5 nitrogen and oxygen atoms in total. The summed E-state index contributed by atoms with van der Waals surface area (Å²) in [6.07, 6.45) is 1.49. The summed E-state index contributed by atoms with van der Waals surface area (Å²) in [6, 6.07) is -0.0598. The minimum absolute atomic E-state index is 0.0598. The third-order valence-electron chi connectivity index (χ3n) is 2.78. The summed E-state index contributed by atoms with van der Waals surface area (Å²) < 4.78 is 27.4. The maximum atomic E-state index is 11.7. The summed E-state index contributed by atoms with van der Waals surface area (Å²) in [5, 5.41) is 8.81. The van der Waals surface area contributed by atoms with Gasteiger partial charge in [0.1, 0.15) is 0 Å². The van der Waals surface area contributed by atoms with Crippen molar-refractivity contribution < 1.29 is 13.5 Å². The maximum absolute atomic E-state index is 11.7. The van der Waals surface area contributed by atoms with Crippen molar-refractivity contribution in [2.45, 2.75) is 39.7 Å². The lowest BCUT2D eigenvalue weighted by Crippen LogP contribution is -2.43. The monoisotopic (exact) mass is 252 g/mol. The molecule has 1 unspecified atom stereocenters. The molecule has 0 bridgehead atoms. The Kier molecular flexibility index (Phi) is 7.14. The first kappa shape index (κ1) is 15.8. The molecule has 1 atom stereocenters. The van der Waals surface area contributed by atoms with E-state index in [2.05, 4.69) is 4.72 Å². The molecule has 0 rings (SSSR count). The molecular weight excluding hydrogens is 228 g/mol. The second-order valence-electron chi connectivity index (χ2n) is 4.25. The van der Waals surface area contributed by atoms with Gasteiger partial charge in [-0.3, -0.25) is 0 Å². The molecular formula is C10H24N2O3S. The number of aliphatic hydroxyl groups excluding tert-OH is 1. The Morgan fingerprint density at radius 3 is 2.31 bits per heavy atom. The Morgan fingerprint density at radius 1 is 1.38 bits per heavy atom. The summed E-state index contributed by atoms with van der Waals surface area (Å²) in [4.78, 5) is 0. The standard InChI is InChI=1S/C10H24N2O3S/c1-5-10(6-7-13)8-11-16(14,15)12(4)9(2)3/h9-11,13H,5-8H2,1-4H3. The smallest absolute Gasteiger partial charge is 0.279 e. The van der Waals surface area contributed by atoms with Gasteiger partial charge in [0.05, 0.1) is 0 Å². The summed E-state index contributed by atoms with van der Waals surface area (Å²) in [7, 11) is -1.83. The van der Waals surface area contributed by atoms with Crippen molar-refractivity contribution in [1.29, 1.82) is 0 Å². The van der Waals surface area contributed by atoms with E-state index < -0.39 is 10.2 Å². The number of nitrogens with zero attached hydrogens (tertiary/aromatic N) is 1. The first-order valence-corrected chi connectivity index (χ1v) is 7.12. The van der Waals surface area contributed by atoms with Crippen LogP contribution in [0.15, 0.2) is 0 Å². The van der Waals surface area contributed by atoms with Crippen LogP contribution in [0.2, 0.25) is 0 Å². The van der Waals surface area contributed by atoms with Gasteiger partial charge in [-0.25, -0.2) is 4.72 Å². The third-order valence-corrected chi connectivity index (χ3v) is 4.49. The number of hydrogen-bond acceptors (Lipinski definition) is 3. The van der Waals surface area contributed by atoms with Crippen molar-refractivity contribution in [1.82, 2.24) is 9.03 Å². The first-order chi connectivity index (χ1) is 7.35. The van der Waals surface area contributed by atoms with Crippen LogP contribution in [0.5, 0.6) is 0 Å². The number of hydrogen-bond donors (Lipinski definition) is 2. The molecule has 0 aromatic heterocycles. The predicted octanol–water partition coefficient (Wildman–Crippen LogP) is 0.570. The van der Waals surface area contributed by atoms with Gasteiger partial charge in [0, 0.05) is 26.2 Å². The highest BCUT2D eigenvalue weighted by molar-refractivity contribution is 7.87. The van der Waals surface area contributed by atoms with Crippen LogP contribution < -0.4 is 4.72 Å². The van der Waals surface area contributed by atoms with Gasteiger partial charge in [0.25, 0.3) is 10.2 Å². The summed E-state index contributed by atoms with van der Waals surface area (Å²) in [6.45, 7) is 6.12. The van der Waals surface area contributed by atoms with E-state index in [0.717, 1.165) is 6.42 Å². The molecule has 6 heteroatoms. The lowest BCUT2D eigenvalue weighted by atomic mass is 10.0. The zero-order valence-electron chi connectivity index (χ0n) is 10.6. The minimum Gasteiger partial charge on any atom is -0.396 e. The Morgan fingerprint density at radius 2 is 1.94 bits per heavy atom. The quantitative estimate of drug-likeness (QED) is 0.663. The molecule has 0 aromatic carbocycles. The molecule has 0 aliphatic rings. The second-order valence-corrected chi connectivity index (χ2v) is 6.06.